The molecule has 110 valence electrons. The second kappa shape index (κ2) is 5.07. The number of amides is 1. The molecule has 0 aromatic heterocycles. The number of carbonyl (C=O) groups excluding carboxylic acids is 2. The highest BCUT2D eigenvalue weighted by atomic mass is 16.5. The van der Waals surface area contributed by atoms with E-state index in [2.05, 4.69) is 5.32 Å². The van der Waals surface area contributed by atoms with Crippen LogP contribution in [0.15, 0.2) is 42.5 Å². The zero-order chi connectivity index (χ0) is 15.1. The zero-order valence-corrected chi connectivity index (χ0v) is 12.0. The van der Waals surface area contributed by atoms with Gasteiger partial charge in [0, 0.05) is 23.4 Å². The summed E-state index contributed by atoms with van der Waals surface area (Å²) in [6.07, 6.45) is 1.29. The first-order chi connectivity index (χ1) is 10.7. The Morgan fingerprint density at radius 3 is 2.59 bits per heavy atom. The lowest BCUT2D eigenvalue weighted by Gasteiger charge is -2.11. The average Bonchev–Trinajstić information content (AvgIpc) is 3.16. The van der Waals surface area contributed by atoms with Gasteiger partial charge in [0.2, 0.25) is 0 Å². The van der Waals surface area contributed by atoms with E-state index in [0.717, 1.165) is 29.5 Å². The molecule has 0 radical (unpaired) electrons. The highest BCUT2D eigenvalue weighted by molar-refractivity contribution is 6.22. The van der Waals surface area contributed by atoms with Crippen LogP contribution in [-0.2, 0) is 9.53 Å². The highest BCUT2D eigenvalue weighted by Crippen LogP contribution is 2.37. The van der Waals surface area contributed by atoms with Crippen LogP contribution in [0, 0.1) is 0 Å². The number of fused-ring (bicyclic) bond motifs is 3. The summed E-state index contributed by atoms with van der Waals surface area (Å²) in [6.45, 7) is 0.635. The number of rotatable bonds is 2. The molecule has 1 N–H and O–H groups in total. The monoisotopic (exact) mass is 293 g/mol. The molecule has 2 aromatic rings. The van der Waals surface area contributed by atoms with E-state index in [9.17, 15) is 9.59 Å². The fourth-order valence-corrected chi connectivity index (χ4v) is 3.11. The fourth-order valence-electron chi connectivity index (χ4n) is 3.11. The molecule has 4 rings (SSSR count). The number of nitrogens with one attached hydrogen (secondary N) is 1. The van der Waals surface area contributed by atoms with Gasteiger partial charge >= 0.3 is 0 Å². The minimum atomic E-state index is -0.374. The molecule has 4 heteroatoms. The molecule has 1 atom stereocenters. The van der Waals surface area contributed by atoms with Crippen molar-refractivity contribution in [1.29, 1.82) is 0 Å². The first-order valence-corrected chi connectivity index (χ1v) is 7.44. The Kier molecular flexibility index (Phi) is 3.05. The van der Waals surface area contributed by atoms with Crippen LogP contribution in [0.1, 0.15) is 28.8 Å². The van der Waals surface area contributed by atoms with E-state index in [1.807, 2.05) is 36.4 Å². The summed E-state index contributed by atoms with van der Waals surface area (Å²) in [7, 11) is 0. The molecule has 0 spiro atoms. The van der Waals surface area contributed by atoms with Crippen LogP contribution in [0.25, 0.3) is 11.1 Å². The fraction of sp³-hybridized carbons (Fsp3) is 0.222. The summed E-state index contributed by atoms with van der Waals surface area (Å²) < 4.78 is 5.37. The van der Waals surface area contributed by atoms with Gasteiger partial charge in [0.15, 0.2) is 5.78 Å². The predicted octanol–water partition coefficient (Wildman–Crippen LogP) is 3.02. The maximum atomic E-state index is 12.4. The molecule has 1 unspecified atom stereocenters. The Labute approximate surface area is 128 Å². The molecule has 1 saturated heterocycles. The van der Waals surface area contributed by atoms with E-state index >= 15 is 0 Å². The van der Waals surface area contributed by atoms with Crippen molar-refractivity contribution < 1.29 is 14.3 Å². The van der Waals surface area contributed by atoms with Gasteiger partial charge in [-0.25, -0.2) is 0 Å². The van der Waals surface area contributed by atoms with Crippen molar-refractivity contribution in [3.8, 4) is 11.1 Å². The van der Waals surface area contributed by atoms with E-state index in [1.165, 1.54) is 0 Å². The third kappa shape index (κ3) is 2.04. The molecule has 0 saturated carbocycles. The summed E-state index contributed by atoms with van der Waals surface area (Å²) in [5, 5.41) is 2.84. The number of benzene rings is 2. The van der Waals surface area contributed by atoms with E-state index < -0.39 is 0 Å². The van der Waals surface area contributed by atoms with Crippen LogP contribution in [0.4, 0.5) is 5.69 Å². The maximum Gasteiger partial charge on any atom is 0.253 e. The van der Waals surface area contributed by atoms with E-state index in [0.29, 0.717) is 17.9 Å². The Hall–Kier alpha value is -2.46. The molecular weight excluding hydrogens is 278 g/mol. The topological polar surface area (TPSA) is 55.4 Å². The molecule has 2 aromatic carbocycles. The summed E-state index contributed by atoms with van der Waals surface area (Å²) in [6, 6.07) is 13.1. The van der Waals surface area contributed by atoms with Crippen LogP contribution in [0.3, 0.4) is 0 Å². The number of ketones is 1. The van der Waals surface area contributed by atoms with Gasteiger partial charge < -0.3 is 10.1 Å². The summed E-state index contributed by atoms with van der Waals surface area (Å²) in [5.74, 6) is -0.126. The molecule has 0 bridgehead atoms. The second-order valence-corrected chi connectivity index (χ2v) is 5.63. The smallest absolute Gasteiger partial charge is 0.253 e. The van der Waals surface area contributed by atoms with E-state index in [-0.39, 0.29) is 17.8 Å². The van der Waals surface area contributed by atoms with Gasteiger partial charge in [0.05, 0.1) is 0 Å². The molecular formula is C18H15NO3. The third-order valence-corrected chi connectivity index (χ3v) is 4.22. The molecule has 4 nitrogen and oxygen atoms in total. The molecule has 1 aliphatic carbocycles. The first kappa shape index (κ1) is 13.2. The minimum absolute atomic E-state index is 0.0128. The third-order valence-electron chi connectivity index (χ3n) is 4.22. The normalized spacial score (nSPS) is 18.9. The second-order valence-electron chi connectivity index (χ2n) is 5.63. The van der Waals surface area contributed by atoms with Gasteiger partial charge in [-0.15, -0.1) is 0 Å². The van der Waals surface area contributed by atoms with Gasteiger partial charge in [-0.3, -0.25) is 9.59 Å². The Bertz CT molecular complexity index is 776. The standard InChI is InChI=1S/C18H15NO3/c20-17-14-5-2-1-4-12(14)13-8-7-11(10-15(13)17)19-18(21)16-6-3-9-22-16/h1-2,4-5,7-8,10,16H,3,6,9H2,(H,19,21). The van der Waals surface area contributed by atoms with E-state index in [1.54, 1.807) is 6.07 Å². The zero-order valence-electron chi connectivity index (χ0n) is 12.0. The van der Waals surface area contributed by atoms with Crippen LogP contribution in [-0.4, -0.2) is 24.4 Å². The van der Waals surface area contributed by atoms with Crippen molar-refractivity contribution in [2.45, 2.75) is 18.9 Å². The van der Waals surface area contributed by atoms with Crippen molar-refractivity contribution in [1.82, 2.24) is 0 Å². The number of anilines is 1. The van der Waals surface area contributed by atoms with Crippen molar-refractivity contribution in [2.75, 3.05) is 11.9 Å². The number of hydrogen-bond acceptors (Lipinski definition) is 3. The van der Waals surface area contributed by atoms with Crippen molar-refractivity contribution >= 4 is 17.4 Å². The number of carbonyl (C=O) groups is 2. The summed E-state index contributed by atoms with van der Waals surface area (Å²) in [5.41, 5.74) is 3.89. The number of ether oxygens (including phenoxy) is 1. The summed E-state index contributed by atoms with van der Waals surface area (Å²) >= 11 is 0. The van der Waals surface area contributed by atoms with Crippen LogP contribution < -0.4 is 5.32 Å². The molecule has 22 heavy (non-hydrogen) atoms. The van der Waals surface area contributed by atoms with Crippen molar-refractivity contribution in [2.24, 2.45) is 0 Å². The van der Waals surface area contributed by atoms with Gasteiger partial charge in [-0.05, 0) is 36.1 Å². The number of hydrogen-bond donors (Lipinski definition) is 1. The SMILES string of the molecule is O=C1c2ccccc2-c2ccc(NC(=O)C3CCCO3)cc21. The predicted molar refractivity (Wildman–Crippen MR) is 82.9 cm³/mol. The summed E-state index contributed by atoms with van der Waals surface area (Å²) in [4.78, 5) is 24.5. The molecule has 1 fully saturated rings. The van der Waals surface area contributed by atoms with Crippen LogP contribution in [0.5, 0.6) is 0 Å². The Morgan fingerprint density at radius 1 is 1.05 bits per heavy atom. The largest absolute Gasteiger partial charge is 0.368 e. The van der Waals surface area contributed by atoms with Gasteiger partial charge in [0.25, 0.3) is 5.91 Å². The lowest BCUT2D eigenvalue weighted by Crippen LogP contribution is -2.26. The van der Waals surface area contributed by atoms with Crippen LogP contribution in [0.2, 0.25) is 0 Å². The molecule has 2 aliphatic rings. The molecule has 1 aliphatic heterocycles. The Morgan fingerprint density at radius 2 is 1.82 bits per heavy atom. The minimum Gasteiger partial charge on any atom is -0.368 e. The maximum absolute atomic E-state index is 12.4. The Balaban J connectivity index is 1.63. The van der Waals surface area contributed by atoms with Crippen LogP contribution >= 0.6 is 0 Å². The van der Waals surface area contributed by atoms with Crippen molar-refractivity contribution in [3.63, 3.8) is 0 Å². The lowest BCUT2D eigenvalue weighted by molar-refractivity contribution is -0.124. The highest BCUT2D eigenvalue weighted by Gasteiger charge is 2.27. The van der Waals surface area contributed by atoms with Gasteiger partial charge in [-0.2, -0.15) is 0 Å². The average molecular weight is 293 g/mol. The lowest BCUT2D eigenvalue weighted by atomic mass is 10.1. The molecule has 1 amide bonds. The molecule has 1 heterocycles. The van der Waals surface area contributed by atoms with Gasteiger partial charge in [0.1, 0.15) is 6.10 Å². The first-order valence-electron chi connectivity index (χ1n) is 7.44. The quantitative estimate of drug-likeness (QED) is 0.790. The van der Waals surface area contributed by atoms with Gasteiger partial charge in [-0.1, -0.05) is 30.3 Å². The van der Waals surface area contributed by atoms with E-state index in [4.69, 9.17) is 4.74 Å². The van der Waals surface area contributed by atoms with Crippen molar-refractivity contribution in [3.05, 3.63) is 53.6 Å².